The van der Waals surface area contributed by atoms with Crippen LogP contribution in [-0.4, -0.2) is 41.8 Å². The van der Waals surface area contributed by atoms with Gasteiger partial charge in [0.2, 0.25) is 0 Å². The van der Waals surface area contributed by atoms with Gasteiger partial charge in [0.15, 0.2) is 0 Å². The van der Waals surface area contributed by atoms with E-state index >= 15 is 0 Å². The number of likely N-dealkylation sites (tertiary alicyclic amines) is 1. The van der Waals surface area contributed by atoms with Gasteiger partial charge in [-0.3, -0.25) is 9.69 Å². The Labute approximate surface area is 113 Å². The fourth-order valence-electron chi connectivity index (χ4n) is 3.31. The summed E-state index contributed by atoms with van der Waals surface area (Å²) in [6, 6.07) is 10.2. The van der Waals surface area contributed by atoms with Gasteiger partial charge in [0.25, 0.3) is 0 Å². The molecule has 0 aromatic heterocycles. The lowest BCUT2D eigenvalue weighted by Crippen LogP contribution is -2.53. The molecular weight excluding hydrogens is 242 g/mol. The zero-order chi connectivity index (χ0) is 13.3. The van der Waals surface area contributed by atoms with E-state index in [1.165, 1.54) is 5.56 Å². The Balaban J connectivity index is 1.74. The van der Waals surface area contributed by atoms with Crippen molar-refractivity contribution in [2.75, 3.05) is 19.7 Å². The molecular formula is C15H19NO3. The summed E-state index contributed by atoms with van der Waals surface area (Å²) in [7, 11) is 0. The zero-order valence-corrected chi connectivity index (χ0v) is 10.9. The van der Waals surface area contributed by atoms with Crippen LogP contribution in [-0.2, 0) is 16.1 Å². The van der Waals surface area contributed by atoms with Crippen LogP contribution in [0.3, 0.4) is 0 Å². The number of carboxylic acids is 1. The van der Waals surface area contributed by atoms with Crippen LogP contribution in [0, 0.1) is 5.41 Å². The fourth-order valence-corrected chi connectivity index (χ4v) is 3.31. The Morgan fingerprint density at radius 2 is 2.21 bits per heavy atom. The van der Waals surface area contributed by atoms with Crippen LogP contribution >= 0.6 is 0 Å². The maximum atomic E-state index is 11.6. The van der Waals surface area contributed by atoms with E-state index in [0.717, 1.165) is 19.5 Å². The van der Waals surface area contributed by atoms with Crippen LogP contribution < -0.4 is 0 Å². The topological polar surface area (TPSA) is 49.8 Å². The lowest BCUT2D eigenvalue weighted by Gasteiger charge is -2.40. The molecule has 0 radical (unpaired) electrons. The van der Waals surface area contributed by atoms with Gasteiger partial charge >= 0.3 is 5.97 Å². The molecule has 2 heterocycles. The number of carbonyl (C=O) groups is 1. The second-order valence-corrected chi connectivity index (χ2v) is 5.56. The van der Waals surface area contributed by atoms with Crippen LogP contribution in [0.15, 0.2) is 30.3 Å². The highest BCUT2D eigenvalue weighted by Gasteiger charge is 2.53. The molecule has 0 saturated carbocycles. The van der Waals surface area contributed by atoms with Crippen molar-refractivity contribution in [2.24, 2.45) is 5.41 Å². The number of aliphatic carboxylic acids is 1. The van der Waals surface area contributed by atoms with Crippen molar-refractivity contribution in [1.82, 2.24) is 4.90 Å². The summed E-state index contributed by atoms with van der Waals surface area (Å²) in [5, 5.41) is 9.58. The van der Waals surface area contributed by atoms with Crippen LogP contribution in [0.5, 0.6) is 0 Å². The molecule has 1 aromatic carbocycles. The van der Waals surface area contributed by atoms with Gasteiger partial charge in [0.1, 0.15) is 5.41 Å². The highest BCUT2D eigenvalue weighted by Crippen LogP contribution is 2.41. The minimum atomic E-state index is -0.701. The molecule has 19 heavy (non-hydrogen) atoms. The number of carboxylic acid groups (broad SMARTS) is 1. The van der Waals surface area contributed by atoms with E-state index in [0.29, 0.717) is 19.6 Å². The fraction of sp³-hybridized carbons (Fsp3) is 0.533. The predicted octanol–water partition coefficient (Wildman–Crippen LogP) is 1.75. The van der Waals surface area contributed by atoms with Gasteiger partial charge in [-0.25, -0.2) is 0 Å². The van der Waals surface area contributed by atoms with Crippen molar-refractivity contribution < 1.29 is 14.6 Å². The summed E-state index contributed by atoms with van der Waals surface area (Å²) in [4.78, 5) is 13.9. The monoisotopic (exact) mass is 261 g/mol. The maximum Gasteiger partial charge on any atom is 0.313 e. The Kier molecular flexibility index (Phi) is 3.29. The number of hydrogen-bond acceptors (Lipinski definition) is 3. The average molecular weight is 261 g/mol. The van der Waals surface area contributed by atoms with Crippen molar-refractivity contribution in [3.05, 3.63) is 35.9 Å². The number of piperidine rings is 1. The lowest BCUT2D eigenvalue weighted by molar-refractivity contribution is -0.157. The summed E-state index contributed by atoms with van der Waals surface area (Å²) in [6.07, 6.45) is 1.36. The Bertz CT molecular complexity index is 462. The second kappa shape index (κ2) is 4.94. The molecule has 0 unspecified atom stereocenters. The molecule has 102 valence electrons. The first-order chi connectivity index (χ1) is 9.21. The number of ether oxygens (including phenoxy) is 1. The van der Waals surface area contributed by atoms with E-state index in [-0.39, 0.29) is 6.10 Å². The molecule has 2 saturated heterocycles. The number of fused-ring (bicyclic) bond motifs is 1. The summed E-state index contributed by atoms with van der Waals surface area (Å²) >= 11 is 0. The van der Waals surface area contributed by atoms with E-state index in [2.05, 4.69) is 17.0 Å². The minimum absolute atomic E-state index is 0.1000. The zero-order valence-electron chi connectivity index (χ0n) is 10.9. The molecule has 2 aliphatic heterocycles. The first-order valence-electron chi connectivity index (χ1n) is 6.82. The molecule has 2 atom stereocenters. The predicted molar refractivity (Wildman–Crippen MR) is 70.8 cm³/mol. The molecule has 1 aromatic rings. The van der Waals surface area contributed by atoms with E-state index < -0.39 is 11.4 Å². The highest BCUT2D eigenvalue weighted by atomic mass is 16.5. The maximum absolute atomic E-state index is 11.6. The van der Waals surface area contributed by atoms with Crippen LogP contribution in [0.1, 0.15) is 18.4 Å². The Morgan fingerprint density at radius 3 is 2.95 bits per heavy atom. The van der Waals surface area contributed by atoms with Gasteiger partial charge in [-0.05, 0) is 18.4 Å². The van der Waals surface area contributed by atoms with Gasteiger partial charge in [-0.15, -0.1) is 0 Å². The van der Waals surface area contributed by atoms with Gasteiger partial charge in [-0.1, -0.05) is 30.3 Å². The van der Waals surface area contributed by atoms with Crippen LogP contribution in [0.25, 0.3) is 0 Å². The molecule has 3 rings (SSSR count). The summed E-state index contributed by atoms with van der Waals surface area (Å²) in [6.45, 7) is 2.91. The molecule has 1 N–H and O–H groups in total. The van der Waals surface area contributed by atoms with Gasteiger partial charge < -0.3 is 9.84 Å². The lowest BCUT2D eigenvalue weighted by atomic mass is 9.76. The third-order valence-corrected chi connectivity index (χ3v) is 4.37. The normalized spacial score (nSPS) is 31.1. The molecule has 4 nitrogen and oxygen atoms in total. The summed E-state index contributed by atoms with van der Waals surface area (Å²) < 4.78 is 5.61. The van der Waals surface area contributed by atoms with E-state index in [9.17, 15) is 9.90 Å². The summed E-state index contributed by atoms with van der Waals surface area (Å²) in [5.74, 6) is -0.701. The largest absolute Gasteiger partial charge is 0.481 e. The van der Waals surface area contributed by atoms with Crippen molar-refractivity contribution in [2.45, 2.75) is 25.5 Å². The third kappa shape index (κ3) is 2.26. The first kappa shape index (κ1) is 12.6. The van der Waals surface area contributed by atoms with Crippen LogP contribution in [0.4, 0.5) is 0 Å². The molecule has 4 heteroatoms. The number of nitrogens with zero attached hydrogens (tertiary/aromatic N) is 1. The van der Waals surface area contributed by atoms with Crippen molar-refractivity contribution in [3.8, 4) is 0 Å². The molecule has 0 bridgehead atoms. The highest BCUT2D eigenvalue weighted by molar-refractivity contribution is 5.76. The second-order valence-electron chi connectivity index (χ2n) is 5.56. The van der Waals surface area contributed by atoms with Gasteiger partial charge in [0, 0.05) is 26.2 Å². The standard InChI is InChI=1S/C15H19NO3/c17-14(18)15-7-9-19-13(15)6-8-16(11-15)10-12-4-2-1-3-5-12/h1-5,13H,6-11H2,(H,17,18)/t13-,15-/m1/s1. The summed E-state index contributed by atoms with van der Waals surface area (Å²) in [5.41, 5.74) is 0.549. The smallest absolute Gasteiger partial charge is 0.313 e. The van der Waals surface area contributed by atoms with Crippen LogP contribution in [0.2, 0.25) is 0 Å². The van der Waals surface area contributed by atoms with Gasteiger partial charge in [0.05, 0.1) is 6.10 Å². The van der Waals surface area contributed by atoms with Gasteiger partial charge in [-0.2, -0.15) is 0 Å². The first-order valence-corrected chi connectivity index (χ1v) is 6.82. The van der Waals surface area contributed by atoms with E-state index in [1.807, 2.05) is 18.2 Å². The third-order valence-electron chi connectivity index (χ3n) is 4.37. The van der Waals surface area contributed by atoms with Crippen molar-refractivity contribution >= 4 is 5.97 Å². The number of benzene rings is 1. The van der Waals surface area contributed by atoms with Crippen molar-refractivity contribution in [1.29, 1.82) is 0 Å². The molecule has 2 aliphatic rings. The SMILES string of the molecule is O=C(O)[C@@]12CCO[C@@H]1CCN(Cc1ccccc1)C2. The number of hydrogen-bond donors (Lipinski definition) is 1. The molecule has 0 amide bonds. The quantitative estimate of drug-likeness (QED) is 0.900. The average Bonchev–Trinajstić information content (AvgIpc) is 2.84. The van der Waals surface area contributed by atoms with Crippen molar-refractivity contribution in [3.63, 3.8) is 0 Å². The Morgan fingerprint density at radius 1 is 1.42 bits per heavy atom. The van der Waals surface area contributed by atoms with E-state index in [4.69, 9.17) is 4.74 Å². The molecule has 0 spiro atoms. The number of rotatable bonds is 3. The van der Waals surface area contributed by atoms with E-state index in [1.54, 1.807) is 0 Å². The molecule has 2 fully saturated rings. The Hall–Kier alpha value is -1.39. The molecule has 0 aliphatic carbocycles. The minimum Gasteiger partial charge on any atom is -0.481 e.